The van der Waals surface area contributed by atoms with Gasteiger partial charge in [-0.25, -0.2) is 14.9 Å². The first-order chi connectivity index (χ1) is 11.7. The summed E-state index contributed by atoms with van der Waals surface area (Å²) < 4.78 is 12.3. The van der Waals surface area contributed by atoms with Gasteiger partial charge in [-0.3, -0.25) is 4.40 Å². The van der Waals surface area contributed by atoms with Gasteiger partial charge in [-0.1, -0.05) is 23.9 Å². The van der Waals surface area contributed by atoms with E-state index in [1.54, 1.807) is 13.0 Å². The van der Waals surface area contributed by atoms with E-state index in [-0.39, 0.29) is 0 Å². The summed E-state index contributed by atoms with van der Waals surface area (Å²) in [6, 6.07) is 9.60. The highest BCUT2D eigenvalue weighted by Gasteiger charge is 2.17. The smallest absolute Gasteiger partial charge is 0.341 e. The Bertz CT molecular complexity index is 1050. The van der Waals surface area contributed by atoms with Gasteiger partial charge in [0.15, 0.2) is 5.16 Å². The number of esters is 1. The van der Waals surface area contributed by atoms with Crippen molar-refractivity contribution in [3.8, 4) is 0 Å². The molecule has 122 valence electrons. The number of rotatable bonds is 4. The highest BCUT2D eigenvalue weighted by molar-refractivity contribution is 7.98. The minimum absolute atomic E-state index is 0.393. The molecule has 0 aliphatic heterocycles. The Kier molecular flexibility index (Phi) is 3.53. The first kappa shape index (κ1) is 14.8. The van der Waals surface area contributed by atoms with Gasteiger partial charge in [0.25, 0.3) is 0 Å². The number of aromatic amines is 1. The monoisotopic (exact) mass is 342 g/mol. The van der Waals surface area contributed by atoms with Crippen LogP contribution in [0.3, 0.4) is 0 Å². The lowest BCUT2D eigenvalue weighted by atomic mass is 10.2. The van der Waals surface area contributed by atoms with Crippen LogP contribution in [-0.2, 0) is 10.5 Å². The number of aryl methyl sites for hydroxylation is 1. The number of fused-ring (bicyclic) bond motifs is 3. The molecule has 0 fully saturated rings. The third kappa shape index (κ3) is 2.35. The quantitative estimate of drug-likeness (QED) is 0.453. The number of aromatic nitrogens is 4. The fourth-order valence-electron chi connectivity index (χ4n) is 2.60. The van der Waals surface area contributed by atoms with E-state index in [1.807, 2.05) is 28.7 Å². The Morgan fingerprint density at radius 3 is 3.08 bits per heavy atom. The molecule has 1 N–H and O–H groups in total. The number of imidazole rings is 1. The lowest BCUT2D eigenvalue weighted by molar-refractivity contribution is 0.0599. The predicted molar refractivity (Wildman–Crippen MR) is 89.2 cm³/mol. The molecule has 0 atom stereocenters. The molecule has 0 amide bonds. The largest absolute Gasteiger partial charge is 0.465 e. The van der Waals surface area contributed by atoms with Crippen LogP contribution in [-0.4, -0.2) is 32.7 Å². The number of methoxy groups -OCH3 is 1. The zero-order valence-corrected chi connectivity index (χ0v) is 13.9. The number of nitrogens with zero attached hydrogens (tertiary/aromatic N) is 3. The van der Waals surface area contributed by atoms with Crippen LogP contribution in [0.5, 0.6) is 0 Å². The number of hydrogen-bond donors (Lipinski definition) is 1. The molecule has 3 heterocycles. The summed E-state index contributed by atoms with van der Waals surface area (Å²) in [5.41, 5.74) is 2.36. The third-order valence-corrected chi connectivity index (χ3v) is 4.68. The Hall–Kier alpha value is -2.74. The van der Waals surface area contributed by atoms with Crippen molar-refractivity contribution in [3.05, 3.63) is 47.4 Å². The summed E-state index contributed by atoms with van der Waals surface area (Å²) in [4.78, 5) is 16.1. The summed E-state index contributed by atoms with van der Waals surface area (Å²) in [5, 5.41) is 8.02. The number of ether oxygens (including phenoxy) is 1. The molecule has 0 saturated heterocycles. The second-order valence-electron chi connectivity index (χ2n) is 5.23. The van der Waals surface area contributed by atoms with Gasteiger partial charge >= 0.3 is 5.97 Å². The molecular formula is C16H14N4O3S. The van der Waals surface area contributed by atoms with Crippen LogP contribution in [0.15, 0.2) is 39.9 Å². The maximum Gasteiger partial charge on any atom is 0.341 e. The summed E-state index contributed by atoms with van der Waals surface area (Å²) >= 11 is 1.51. The molecule has 0 radical (unpaired) electrons. The fraction of sp³-hybridized carbons (Fsp3) is 0.188. The minimum atomic E-state index is -0.393. The van der Waals surface area contributed by atoms with E-state index in [0.717, 1.165) is 16.2 Å². The van der Waals surface area contributed by atoms with Gasteiger partial charge in [0.1, 0.15) is 17.1 Å². The zero-order chi connectivity index (χ0) is 16.7. The minimum Gasteiger partial charge on any atom is -0.465 e. The van der Waals surface area contributed by atoms with Gasteiger partial charge in [-0.05, 0) is 25.1 Å². The molecule has 0 spiro atoms. The lowest BCUT2D eigenvalue weighted by Crippen LogP contribution is -2.00. The van der Waals surface area contributed by atoms with Crippen LogP contribution in [0.1, 0.15) is 21.9 Å². The predicted octanol–water partition coefficient (Wildman–Crippen LogP) is 3.19. The first-order valence-electron chi connectivity index (χ1n) is 7.29. The number of H-pyrrole nitrogens is 1. The van der Waals surface area contributed by atoms with Crippen LogP contribution in [0, 0.1) is 6.92 Å². The van der Waals surface area contributed by atoms with Crippen molar-refractivity contribution in [1.82, 2.24) is 19.6 Å². The maximum absolute atomic E-state index is 11.6. The highest BCUT2D eigenvalue weighted by atomic mass is 32.2. The van der Waals surface area contributed by atoms with Gasteiger partial charge in [0.05, 0.1) is 23.9 Å². The summed E-state index contributed by atoms with van der Waals surface area (Å²) in [6.07, 6.45) is 0. The molecular weight excluding hydrogens is 328 g/mol. The number of thioether (sulfide) groups is 1. The second-order valence-corrected chi connectivity index (χ2v) is 6.17. The molecule has 0 aliphatic rings. The van der Waals surface area contributed by atoms with Gasteiger partial charge < -0.3 is 9.15 Å². The van der Waals surface area contributed by atoms with Crippen molar-refractivity contribution in [2.45, 2.75) is 17.8 Å². The van der Waals surface area contributed by atoms with Crippen molar-refractivity contribution >= 4 is 34.5 Å². The average molecular weight is 342 g/mol. The molecule has 3 aromatic heterocycles. The van der Waals surface area contributed by atoms with Crippen LogP contribution in [0.25, 0.3) is 16.8 Å². The molecule has 0 aliphatic carbocycles. The fourth-order valence-corrected chi connectivity index (χ4v) is 3.44. The van der Waals surface area contributed by atoms with Crippen molar-refractivity contribution in [1.29, 1.82) is 0 Å². The molecule has 4 aromatic rings. The van der Waals surface area contributed by atoms with E-state index in [1.165, 1.54) is 18.9 Å². The molecule has 7 nitrogen and oxygen atoms in total. The van der Waals surface area contributed by atoms with Gasteiger partial charge in [0, 0.05) is 0 Å². The number of para-hydroxylation sites is 2. The first-order valence-corrected chi connectivity index (χ1v) is 8.28. The number of benzene rings is 1. The van der Waals surface area contributed by atoms with Crippen molar-refractivity contribution < 1.29 is 13.9 Å². The van der Waals surface area contributed by atoms with Crippen molar-refractivity contribution in [2.24, 2.45) is 0 Å². The Morgan fingerprint density at radius 1 is 1.42 bits per heavy atom. The number of hydrogen-bond acceptors (Lipinski definition) is 6. The topological polar surface area (TPSA) is 85.4 Å². The van der Waals surface area contributed by atoms with Crippen LogP contribution >= 0.6 is 11.8 Å². The van der Waals surface area contributed by atoms with Gasteiger partial charge in [-0.15, -0.1) is 5.10 Å². The van der Waals surface area contributed by atoms with E-state index in [2.05, 4.69) is 15.2 Å². The molecule has 8 heteroatoms. The van der Waals surface area contributed by atoms with Crippen LogP contribution < -0.4 is 0 Å². The van der Waals surface area contributed by atoms with E-state index in [0.29, 0.717) is 28.6 Å². The molecule has 1 aromatic carbocycles. The van der Waals surface area contributed by atoms with Gasteiger partial charge in [-0.2, -0.15) is 0 Å². The number of carbonyl (C=O) groups excluding carboxylic acids is 1. The zero-order valence-electron chi connectivity index (χ0n) is 13.1. The summed E-state index contributed by atoms with van der Waals surface area (Å²) in [6.45, 7) is 1.75. The standard InChI is InChI=1S/C16H14N4O3S/c1-9-11(14(21)22-2)7-10(23-9)8-24-16-19-18-15-17-12-5-3-4-6-13(12)20(15)16/h3-7H,8H2,1-2H3,(H,17,18). The Morgan fingerprint density at radius 2 is 2.25 bits per heavy atom. The van der Waals surface area contributed by atoms with E-state index in [9.17, 15) is 4.79 Å². The van der Waals surface area contributed by atoms with E-state index in [4.69, 9.17) is 9.15 Å². The maximum atomic E-state index is 11.6. The van der Waals surface area contributed by atoms with Crippen LogP contribution in [0.2, 0.25) is 0 Å². The highest BCUT2D eigenvalue weighted by Crippen LogP contribution is 2.27. The number of furan rings is 1. The summed E-state index contributed by atoms with van der Waals surface area (Å²) in [5.74, 6) is 2.10. The SMILES string of the molecule is COC(=O)c1cc(CSc2n[nH]c3nc4ccccc4n23)oc1C. The van der Waals surface area contributed by atoms with Crippen LogP contribution in [0.4, 0.5) is 0 Å². The lowest BCUT2D eigenvalue weighted by Gasteiger charge is -1.97. The molecule has 4 rings (SSSR count). The molecule has 24 heavy (non-hydrogen) atoms. The number of nitrogens with one attached hydrogen (secondary N) is 1. The van der Waals surface area contributed by atoms with E-state index < -0.39 is 5.97 Å². The number of carbonyl (C=O) groups is 1. The molecule has 0 bridgehead atoms. The van der Waals surface area contributed by atoms with Crippen molar-refractivity contribution in [2.75, 3.05) is 7.11 Å². The average Bonchev–Trinajstić information content (AvgIpc) is 3.25. The van der Waals surface area contributed by atoms with E-state index >= 15 is 0 Å². The van der Waals surface area contributed by atoms with Gasteiger partial charge in [0.2, 0.25) is 5.78 Å². The molecule has 0 unspecified atom stereocenters. The third-order valence-electron chi connectivity index (χ3n) is 3.72. The Balaban J connectivity index is 1.62. The normalized spacial score (nSPS) is 11.4. The second kappa shape index (κ2) is 5.72. The molecule has 0 saturated carbocycles. The Labute approximate surface area is 141 Å². The summed E-state index contributed by atoms with van der Waals surface area (Å²) in [7, 11) is 1.35. The van der Waals surface area contributed by atoms with Crippen molar-refractivity contribution in [3.63, 3.8) is 0 Å².